The molecule has 3 rings (SSSR count). The van der Waals surface area contributed by atoms with Crippen LogP contribution in [0.2, 0.25) is 0 Å². The van der Waals surface area contributed by atoms with Crippen molar-refractivity contribution in [2.45, 2.75) is 51.0 Å². The van der Waals surface area contributed by atoms with Gasteiger partial charge in [0.1, 0.15) is 0 Å². The van der Waals surface area contributed by atoms with Crippen LogP contribution in [0.5, 0.6) is 0 Å². The Labute approximate surface area is 139 Å². The van der Waals surface area contributed by atoms with Crippen molar-refractivity contribution in [1.82, 2.24) is 9.80 Å². The van der Waals surface area contributed by atoms with E-state index in [0.717, 1.165) is 56.3 Å². The molecule has 126 valence electrons. The maximum Gasteiger partial charge on any atom is 0.222 e. The molecule has 0 bridgehead atoms. The number of anilines is 1. The van der Waals surface area contributed by atoms with Crippen LogP contribution < -0.4 is 5.73 Å². The molecule has 1 aromatic carbocycles. The zero-order valence-corrected chi connectivity index (χ0v) is 14.0. The molecule has 0 aromatic heterocycles. The Hall–Kier alpha value is -1.55. The van der Waals surface area contributed by atoms with Gasteiger partial charge in [-0.05, 0) is 37.3 Å². The standard InChI is InChI=1S/C19H29N3O/c20-18-9-4-1-6-16(18)10-11-19(23)22-13-5-12-21(14-15-22)17-7-2-3-8-17/h1,4,6,9,17H,2-3,5,7-8,10-15,20H2. The van der Waals surface area contributed by atoms with Crippen LogP contribution >= 0.6 is 0 Å². The van der Waals surface area contributed by atoms with Crippen molar-refractivity contribution >= 4 is 11.6 Å². The lowest BCUT2D eigenvalue weighted by molar-refractivity contribution is -0.131. The fraction of sp³-hybridized carbons (Fsp3) is 0.632. The summed E-state index contributed by atoms with van der Waals surface area (Å²) in [6, 6.07) is 8.63. The van der Waals surface area contributed by atoms with Gasteiger partial charge >= 0.3 is 0 Å². The fourth-order valence-corrected chi connectivity index (χ4v) is 3.98. The van der Waals surface area contributed by atoms with E-state index < -0.39 is 0 Å². The molecule has 1 saturated carbocycles. The minimum absolute atomic E-state index is 0.279. The Kier molecular flexibility index (Phi) is 5.55. The van der Waals surface area contributed by atoms with E-state index in [1.165, 1.54) is 25.7 Å². The van der Waals surface area contributed by atoms with Gasteiger partial charge in [0.15, 0.2) is 0 Å². The smallest absolute Gasteiger partial charge is 0.222 e. The summed E-state index contributed by atoms with van der Waals surface area (Å²) in [7, 11) is 0. The molecule has 0 unspecified atom stereocenters. The molecular formula is C19H29N3O. The molecule has 0 radical (unpaired) electrons. The van der Waals surface area contributed by atoms with E-state index in [-0.39, 0.29) is 5.91 Å². The quantitative estimate of drug-likeness (QED) is 0.869. The Balaban J connectivity index is 1.49. The zero-order chi connectivity index (χ0) is 16.1. The van der Waals surface area contributed by atoms with Crippen molar-refractivity contribution in [3.05, 3.63) is 29.8 Å². The van der Waals surface area contributed by atoms with Gasteiger partial charge in [0.05, 0.1) is 0 Å². The maximum absolute atomic E-state index is 12.5. The SMILES string of the molecule is Nc1ccccc1CCC(=O)N1CCCN(C2CCCC2)CC1. The van der Waals surface area contributed by atoms with Crippen molar-refractivity contribution in [1.29, 1.82) is 0 Å². The van der Waals surface area contributed by atoms with E-state index in [0.29, 0.717) is 6.42 Å². The van der Waals surface area contributed by atoms with E-state index in [2.05, 4.69) is 9.80 Å². The Bertz CT molecular complexity index is 525. The van der Waals surface area contributed by atoms with Gasteiger partial charge in [-0.25, -0.2) is 0 Å². The lowest BCUT2D eigenvalue weighted by Gasteiger charge is -2.27. The number of hydrogen-bond donors (Lipinski definition) is 1. The number of nitrogens with zero attached hydrogens (tertiary/aromatic N) is 2. The molecule has 1 heterocycles. The van der Waals surface area contributed by atoms with Gasteiger partial charge in [-0.3, -0.25) is 9.69 Å². The second kappa shape index (κ2) is 7.82. The van der Waals surface area contributed by atoms with E-state index in [9.17, 15) is 4.79 Å². The third-order valence-corrected chi connectivity index (χ3v) is 5.39. The molecule has 4 nitrogen and oxygen atoms in total. The molecule has 2 N–H and O–H groups in total. The predicted octanol–water partition coefficient (Wildman–Crippen LogP) is 2.68. The van der Waals surface area contributed by atoms with Gasteiger partial charge in [0.25, 0.3) is 0 Å². The van der Waals surface area contributed by atoms with Gasteiger partial charge < -0.3 is 10.6 Å². The highest BCUT2D eigenvalue weighted by Gasteiger charge is 2.25. The lowest BCUT2D eigenvalue weighted by atomic mass is 10.1. The molecule has 0 atom stereocenters. The molecular weight excluding hydrogens is 286 g/mol. The minimum atomic E-state index is 0.279. The Morgan fingerprint density at radius 1 is 1.04 bits per heavy atom. The second-order valence-corrected chi connectivity index (χ2v) is 6.91. The molecule has 2 fully saturated rings. The third-order valence-electron chi connectivity index (χ3n) is 5.39. The molecule has 2 aliphatic rings. The van der Waals surface area contributed by atoms with Crippen LogP contribution in [-0.4, -0.2) is 47.9 Å². The van der Waals surface area contributed by atoms with E-state index >= 15 is 0 Å². The Morgan fingerprint density at radius 3 is 2.61 bits per heavy atom. The number of nitrogens with two attached hydrogens (primary N) is 1. The van der Waals surface area contributed by atoms with Gasteiger partial charge in [0, 0.05) is 44.3 Å². The van der Waals surface area contributed by atoms with E-state index in [4.69, 9.17) is 5.73 Å². The van der Waals surface area contributed by atoms with Crippen LogP contribution in [0.1, 0.15) is 44.1 Å². The topological polar surface area (TPSA) is 49.6 Å². The first-order valence-electron chi connectivity index (χ1n) is 9.09. The van der Waals surface area contributed by atoms with Crippen molar-refractivity contribution in [3.8, 4) is 0 Å². The lowest BCUT2D eigenvalue weighted by Crippen LogP contribution is -2.38. The molecule has 1 saturated heterocycles. The van der Waals surface area contributed by atoms with Crippen LogP contribution in [0.4, 0.5) is 5.69 Å². The average molecular weight is 315 g/mol. The summed E-state index contributed by atoms with van der Waals surface area (Å²) < 4.78 is 0. The first-order chi connectivity index (χ1) is 11.2. The van der Waals surface area contributed by atoms with Crippen LogP contribution in [0, 0.1) is 0 Å². The van der Waals surface area contributed by atoms with Crippen molar-refractivity contribution in [2.75, 3.05) is 31.9 Å². The summed E-state index contributed by atoms with van der Waals surface area (Å²) in [6.45, 7) is 4.00. The van der Waals surface area contributed by atoms with Crippen molar-refractivity contribution in [3.63, 3.8) is 0 Å². The summed E-state index contributed by atoms with van der Waals surface area (Å²) in [6.07, 6.45) is 7.87. The number of hydrogen-bond acceptors (Lipinski definition) is 3. The molecule has 1 aliphatic heterocycles. The maximum atomic E-state index is 12.5. The van der Waals surface area contributed by atoms with Gasteiger partial charge in [-0.15, -0.1) is 0 Å². The number of amides is 1. The normalized spacial score (nSPS) is 20.6. The summed E-state index contributed by atoms with van der Waals surface area (Å²) in [5.74, 6) is 0.279. The molecule has 4 heteroatoms. The van der Waals surface area contributed by atoms with Crippen LogP contribution in [0.15, 0.2) is 24.3 Å². The zero-order valence-electron chi connectivity index (χ0n) is 14.0. The number of nitrogen functional groups attached to an aromatic ring is 1. The number of para-hydroxylation sites is 1. The summed E-state index contributed by atoms with van der Waals surface area (Å²) in [5, 5.41) is 0. The monoisotopic (exact) mass is 315 g/mol. The first kappa shape index (κ1) is 16.3. The summed E-state index contributed by atoms with van der Waals surface area (Å²) >= 11 is 0. The number of rotatable bonds is 4. The van der Waals surface area contributed by atoms with Crippen LogP contribution in [0.25, 0.3) is 0 Å². The average Bonchev–Trinajstić information content (AvgIpc) is 2.98. The highest BCUT2D eigenvalue weighted by atomic mass is 16.2. The van der Waals surface area contributed by atoms with Gasteiger partial charge in [0.2, 0.25) is 5.91 Å². The minimum Gasteiger partial charge on any atom is -0.399 e. The fourth-order valence-electron chi connectivity index (χ4n) is 3.98. The Morgan fingerprint density at radius 2 is 1.83 bits per heavy atom. The van der Waals surface area contributed by atoms with Crippen LogP contribution in [0.3, 0.4) is 0 Å². The van der Waals surface area contributed by atoms with Gasteiger partial charge in [-0.2, -0.15) is 0 Å². The summed E-state index contributed by atoms with van der Waals surface area (Å²) in [4.78, 5) is 17.2. The molecule has 1 aromatic rings. The molecule has 23 heavy (non-hydrogen) atoms. The highest BCUT2D eigenvalue weighted by Crippen LogP contribution is 2.24. The molecule has 1 amide bonds. The van der Waals surface area contributed by atoms with Crippen molar-refractivity contribution in [2.24, 2.45) is 0 Å². The number of carbonyl (C=O) groups is 1. The van der Waals surface area contributed by atoms with E-state index in [1.807, 2.05) is 24.3 Å². The molecule has 0 spiro atoms. The first-order valence-corrected chi connectivity index (χ1v) is 9.09. The number of benzene rings is 1. The van der Waals surface area contributed by atoms with Gasteiger partial charge in [-0.1, -0.05) is 31.0 Å². The van der Waals surface area contributed by atoms with Crippen molar-refractivity contribution < 1.29 is 4.79 Å². The summed E-state index contributed by atoms with van der Waals surface area (Å²) in [5.41, 5.74) is 7.85. The predicted molar refractivity (Wildman–Crippen MR) is 94.2 cm³/mol. The largest absolute Gasteiger partial charge is 0.399 e. The third kappa shape index (κ3) is 4.25. The molecule has 1 aliphatic carbocycles. The number of aryl methyl sites for hydroxylation is 1. The van der Waals surface area contributed by atoms with E-state index in [1.54, 1.807) is 0 Å². The second-order valence-electron chi connectivity index (χ2n) is 6.91. The number of carbonyl (C=O) groups excluding carboxylic acids is 1. The van der Waals surface area contributed by atoms with Crippen LogP contribution in [-0.2, 0) is 11.2 Å². The highest BCUT2D eigenvalue weighted by molar-refractivity contribution is 5.76.